The van der Waals surface area contributed by atoms with Gasteiger partial charge in [0, 0.05) is 10.3 Å². The normalized spacial score (nSPS) is 10.7. The number of amides is 1. The van der Waals surface area contributed by atoms with Gasteiger partial charge in [-0.3, -0.25) is 10.2 Å². The number of hydrogen-bond donors (Lipinski definition) is 2. The Hall–Kier alpha value is -2.24. The van der Waals surface area contributed by atoms with Crippen LogP contribution in [0.15, 0.2) is 42.5 Å². The van der Waals surface area contributed by atoms with Crippen LogP contribution < -0.4 is 11.3 Å². The van der Waals surface area contributed by atoms with E-state index in [1.807, 2.05) is 43.3 Å². The number of nitrogens with one attached hydrogen (secondary N) is 1. The molecule has 3 aromatic rings. The van der Waals surface area contributed by atoms with Gasteiger partial charge >= 0.3 is 0 Å². The maximum Gasteiger partial charge on any atom is 0.265 e. The number of pyridine rings is 1. The van der Waals surface area contributed by atoms with Gasteiger partial charge in [0.25, 0.3) is 5.91 Å². The number of aryl methyl sites for hydroxylation is 1. The van der Waals surface area contributed by atoms with Gasteiger partial charge in [0.2, 0.25) is 0 Å². The summed E-state index contributed by atoms with van der Waals surface area (Å²) in [4.78, 5) is 18.8. The van der Waals surface area contributed by atoms with Gasteiger partial charge in [0.05, 0.1) is 21.7 Å². The Morgan fingerprint density at radius 1 is 1.25 bits per heavy atom. The minimum atomic E-state index is -0.307. The Morgan fingerprint density at radius 2 is 2.05 bits per heavy atom. The molecule has 3 N–H and O–H groups in total. The van der Waals surface area contributed by atoms with Crippen LogP contribution in [0.2, 0.25) is 0 Å². The molecule has 0 atom stereocenters. The molecule has 1 aromatic carbocycles. The molecule has 0 aliphatic rings. The van der Waals surface area contributed by atoms with E-state index in [0.717, 1.165) is 21.5 Å². The van der Waals surface area contributed by atoms with E-state index < -0.39 is 0 Å². The summed E-state index contributed by atoms with van der Waals surface area (Å²) in [6, 6.07) is 13.4. The smallest absolute Gasteiger partial charge is 0.265 e. The molecule has 0 bridgehead atoms. The second-order valence-electron chi connectivity index (χ2n) is 4.46. The van der Waals surface area contributed by atoms with E-state index in [2.05, 4.69) is 10.4 Å². The molecule has 0 spiro atoms. The van der Waals surface area contributed by atoms with Crippen LogP contribution in [0, 0.1) is 6.92 Å². The number of nitrogens with two attached hydrogens (primary N) is 1. The lowest BCUT2D eigenvalue weighted by Gasteiger charge is -2.07. The standard InChI is InChI=1S/C15H13N3OS/c1-9-6-7-14(20-9)13-8-11(15(19)18-16)10-4-2-3-5-12(10)17-13/h2-8H,16H2,1H3,(H,18,19). The van der Waals surface area contributed by atoms with Crippen molar-refractivity contribution >= 4 is 28.1 Å². The molecule has 20 heavy (non-hydrogen) atoms. The molecule has 5 heteroatoms. The highest BCUT2D eigenvalue weighted by Gasteiger charge is 2.13. The van der Waals surface area contributed by atoms with Gasteiger partial charge in [-0.1, -0.05) is 18.2 Å². The minimum absolute atomic E-state index is 0.307. The number of carbonyl (C=O) groups is 1. The van der Waals surface area contributed by atoms with Crippen LogP contribution in [0.5, 0.6) is 0 Å². The maximum atomic E-state index is 12.0. The van der Waals surface area contributed by atoms with E-state index >= 15 is 0 Å². The third kappa shape index (κ3) is 2.17. The first-order valence-corrected chi connectivity index (χ1v) is 6.98. The predicted molar refractivity (Wildman–Crippen MR) is 81.4 cm³/mol. The Labute approximate surface area is 120 Å². The van der Waals surface area contributed by atoms with Crippen LogP contribution in [-0.4, -0.2) is 10.9 Å². The highest BCUT2D eigenvalue weighted by molar-refractivity contribution is 7.15. The van der Waals surface area contributed by atoms with Crippen LogP contribution in [-0.2, 0) is 0 Å². The van der Waals surface area contributed by atoms with Gasteiger partial charge in [-0.25, -0.2) is 10.8 Å². The summed E-state index contributed by atoms with van der Waals surface area (Å²) in [6.45, 7) is 2.04. The third-order valence-electron chi connectivity index (χ3n) is 3.08. The van der Waals surface area contributed by atoms with Gasteiger partial charge in [0.1, 0.15) is 0 Å². The number of carbonyl (C=O) groups excluding carboxylic acids is 1. The van der Waals surface area contributed by atoms with E-state index in [1.165, 1.54) is 4.88 Å². The molecule has 2 heterocycles. The molecular formula is C15H13N3OS. The molecule has 100 valence electrons. The van der Waals surface area contributed by atoms with Gasteiger partial charge < -0.3 is 0 Å². The Bertz CT molecular complexity index is 795. The lowest BCUT2D eigenvalue weighted by molar-refractivity contribution is 0.0955. The first-order chi connectivity index (χ1) is 9.69. The number of rotatable bonds is 2. The maximum absolute atomic E-state index is 12.0. The molecule has 3 rings (SSSR count). The summed E-state index contributed by atoms with van der Waals surface area (Å²) in [7, 11) is 0. The van der Waals surface area contributed by atoms with Gasteiger partial charge in [0.15, 0.2) is 0 Å². The molecule has 0 saturated carbocycles. The number of hydrogen-bond acceptors (Lipinski definition) is 4. The van der Waals surface area contributed by atoms with E-state index in [4.69, 9.17) is 5.84 Å². The SMILES string of the molecule is Cc1ccc(-c2cc(C(=O)NN)c3ccccc3n2)s1. The van der Waals surface area contributed by atoms with Crippen molar-refractivity contribution in [1.82, 2.24) is 10.4 Å². The van der Waals surface area contributed by atoms with Crippen LogP contribution in [0.1, 0.15) is 15.2 Å². The van der Waals surface area contributed by atoms with Crippen LogP contribution >= 0.6 is 11.3 Å². The molecule has 0 aliphatic carbocycles. The summed E-state index contributed by atoms with van der Waals surface area (Å²) in [6.07, 6.45) is 0. The number of benzene rings is 1. The largest absolute Gasteiger partial charge is 0.290 e. The Morgan fingerprint density at radius 3 is 2.75 bits per heavy atom. The molecule has 0 saturated heterocycles. The average Bonchev–Trinajstić information content (AvgIpc) is 2.92. The zero-order chi connectivity index (χ0) is 14.1. The highest BCUT2D eigenvalue weighted by atomic mass is 32.1. The fourth-order valence-corrected chi connectivity index (χ4v) is 2.97. The van der Waals surface area contributed by atoms with Crippen molar-refractivity contribution in [1.29, 1.82) is 0 Å². The van der Waals surface area contributed by atoms with Crippen molar-refractivity contribution in [2.24, 2.45) is 5.84 Å². The van der Waals surface area contributed by atoms with Crippen LogP contribution in [0.4, 0.5) is 0 Å². The monoisotopic (exact) mass is 283 g/mol. The average molecular weight is 283 g/mol. The van der Waals surface area contributed by atoms with Crippen molar-refractivity contribution in [3.8, 4) is 10.6 Å². The summed E-state index contributed by atoms with van der Waals surface area (Å²) >= 11 is 1.65. The molecular weight excluding hydrogens is 270 g/mol. The van der Waals surface area contributed by atoms with E-state index in [1.54, 1.807) is 17.4 Å². The summed E-state index contributed by atoms with van der Waals surface area (Å²) < 4.78 is 0. The van der Waals surface area contributed by atoms with Crippen molar-refractivity contribution in [3.63, 3.8) is 0 Å². The lowest BCUT2D eigenvalue weighted by atomic mass is 10.1. The van der Waals surface area contributed by atoms with Crippen molar-refractivity contribution in [2.45, 2.75) is 6.92 Å². The van der Waals surface area contributed by atoms with Crippen LogP contribution in [0.3, 0.4) is 0 Å². The molecule has 0 unspecified atom stereocenters. The Kier molecular flexibility index (Phi) is 3.22. The van der Waals surface area contributed by atoms with Gasteiger partial charge in [-0.15, -0.1) is 11.3 Å². The van der Waals surface area contributed by atoms with Crippen molar-refractivity contribution in [2.75, 3.05) is 0 Å². The van der Waals surface area contributed by atoms with Gasteiger partial charge in [-0.2, -0.15) is 0 Å². The first-order valence-electron chi connectivity index (χ1n) is 6.16. The number of nitrogens with zero attached hydrogens (tertiary/aromatic N) is 1. The number of para-hydroxylation sites is 1. The van der Waals surface area contributed by atoms with E-state index in [-0.39, 0.29) is 5.91 Å². The van der Waals surface area contributed by atoms with Gasteiger partial charge in [-0.05, 0) is 31.2 Å². The zero-order valence-corrected chi connectivity index (χ0v) is 11.7. The zero-order valence-electron chi connectivity index (χ0n) is 10.9. The fourth-order valence-electron chi connectivity index (χ4n) is 2.14. The third-order valence-corrected chi connectivity index (χ3v) is 4.11. The second-order valence-corrected chi connectivity index (χ2v) is 5.74. The summed E-state index contributed by atoms with van der Waals surface area (Å²) in [5.41, 5.74) is 4.31. The number of nitrogen functional groups attached to an aromatic ring is 1. The lowest BCUT2D eigenvalue weighted by Crippen LogP contribution is -2.30. The first kappa shape index (κ1) is 12.8. The number of aromatic nitrogens is 1. The topological polar surface area (TPSA) is 68.0 Å². The number of thiophene rings is 1. The van der Waals surface area contributed by atoms with Crippen LogP contribution in [0.25, 0.3) is 21.5 Å². The van der Waals surface area contributed by atoms with E-state index in [0.29, 0.717) is 5.56 Å². The molecule has 4 nitrogen and oxygen atoms in total. The molecule has 2 aromatic heterocycles. The second kappa shape index (κ2) is 5.03. The highest BCUT2D eigenvalue weighted by Crippen LogP contribution is 2.29. The predicted octanol–water partition coefficient (Wildman–Crippen LogP) is 2.88. The quantitative estimate of drug-likeness (QED) is 0.432. The van der Waals surface area contributed by atoms with Crippen molar-refractivity contribution < 1.29 is 4.79 Å². The molecule has 0 fully saturated rings. The van der Waals surface area contributed by atoms with Crippen molar-refractivity contribution in [3.05, 3.63) is 52.9 Å². The Balaban J connectivity index is 2.27. The number of hydrazine groups is 1. The summed E-state index contributed by atoms with van der Waals surface area (Å²) in [5.74, 6) is 4.96. The van der Waals surface area contributed by atoms with E-state index in [9.17, 15) is 4.79 Å². The molecule has 0 aliphatic heterocycles. The minimum Gasteiger partial charge on any atom is -0.290 e. The molecule has 1 amide bonds. The number of fused-ring (bicyclic) bond motifs is 1. The fraction of sp³-hybridized carbons (Fsp3) is 0.0667. The molecule has 0 radical (unpaired) electrons. The summed E-state index contributed by atoms with van der Waals surface area (Å²) in [5, 5.41) is 0.799.